The van der Waals surface area contributed by atoms with Crippen LogP contribution in [0.1, 0.15) is 12.5 Å². The maximum Gasteiger partial charge on any atom is 0.0136 e. The monoisotopic (exact) mass is 372 g/mol. The van der Waals surface area contributed by atoms with E-state index < -0.39 is 0 Å². The lowest BCUT2D eigenvalue weighted by molar-refractivity contribution is 1.54. The van der Waals surface area contributed by atoms with Gasteiger partial charge in [0.2, 0.25) is 0 Å². The highest BCUT2D eigenvalue weighted by molar-refractivity contribution is 14.1. The van der Waals surface area contributed by atoms with E-state index in [2.05, 4.69) is 77.7 Å². The first-order valence-electron chi connectivity index (χ1n) is 6.57. The third kappa shape index (κ3) is 3.48. The molecule has 20 heavy (non-hydrogen) atoms. The number of benzene rings is 2. The highest BCUT2D eigenvalue weighted by Crippen LogP contribution is 2.31. The fourth-order valence-corrected chi connectivity index (χ4v) is 2.58. The first-order valence-corrected chi connectivity index (χ1v) is 7.65. The van der Waals surface area contributed by atoms with Crippen molar-refractivity contribution in [2.45, 2.75) is 6.92 Å². The Kier molecular flexibility index (Phi) is 5.36. The van der Waals surface area contributed by atoms with Crippen LogP contribution in [0.4, 0.5) is 0 Å². The molecule has 0 fully saturated rings. The standard InChI is InChI=1S/C19H17I/c1-3-5-9-15(4-2)19-14-17(20)12-13-18(19)16-10-7-6-8-11-16/h3-14H,2H2,1H3/b5-3-,15-9+. The summed E-state index contributed by atoms with van der Waals surface area (Å²) < 4.78 is 1.23. The van der Waals surface area contributed by atoms with E-state index in [1.54, 1.807) is 0 Å². The van der Waals surface area contributed by atoms with E-state index in [9.17, 15) is 0 Å². The van der Waals surface area contributed by atoms with Gasteiger partial charge in [-0.3, -0.25) is 0 Å². The van der Waals surface area contributed by atoms with Gasteiger partial charge in [-0.1, -0.05) is 67.3 Å². The Morgan fingerprint density at radius 2 is 1.85 bits per heavy atom. The molecule has 0 saturated heterocycles. The molecule has 0 amide bonds. The molecule has 0 unspecified atom stereocenters. The van der Waals surface area contributed by atoms with E-state index in [1.165, 1.54) is 20.3 Å². The number of halogens is 1. The predicted octanol–water partition coefficient (Wildman–Crippen LogP) is 6.10. The Hall–Kier alpha value is -1.61. The second-order valence-electron chi connectivity index (χ2n) is 4.41. The minimum atomic E-state index is 1.14. The smallest absolute Gasteiger partial charge is 0.0136 e. The van der Waals surface area contributed by atoms with Crippen molar-refractivity contribution in [1.29, 1.82) is 0 Å². The van der Waals surface area contributed by atoms with Crippen LogP contribution >= 0.6 is 22.6 Å². The van der Waals surface area contributed by atoms with E-state index in [0.717, 1.165) is 5.57 Å². The number of allylic oxidation sites excluding steroid dienone is 5. The molecule has 0 aliphatic rings. The van der Waals surface area contributed by atoms with E-state index in [1.807, 2.05) is 31.2 Å². The summed E-state index contributed by atoms with van der Waals surface area (Å²) in [6.07, 6.45) is 8.09. The van der Waals surface area contributed by atoms with E-state index in [0.29, 0.717) is 0 Å². The average Bonchev–Trinajstić information content (AvgIpc) is 2.49. The Morgan fingerprint density at radius 1 is 1.10 bits per heavy atom. The molecule has 0 aromatic heterocycles. The Bertz CT molecular complexity index is 649. The minimum Gasteiger partial charge on any atom is -0.0984 e. The van der Waals surface area contributed by atoms with Gasteiger partial charge in [0.15, 0.2) is 0 Å². The Balaban J connectivity index is 2.62. The molecule has 1 heteroatoms. The van der Waals surface area contributed by atoms with E-state index in [-0.39, 0.29) is 0 Å². The van der Waals surface area contributed by atoms with Crippen molar-refractivity contribution in [3.05, 3.63) is 88.5 Å². The molecule has 0 bridgehead atoms. The van der Waals surface area contributed by atoms with Gasteiger partial charge in [0.25, 0.3) is 0 Å². The largest absolute Gasteiger partial charge is 0.0984 e. The lowest BCUT2D eigenvalue weighted by Gasteiger charge is -2.11. The van der Waals surface area contributed by atoms with Crippen molar-refractivity contribution in [1.82, 2.24) is 0 Å². The third-order valence-electron chi connectivity index (χ3n) is 3.07. The van der Waals surface area contributed by atoms with Crippen LogP contribution in [0.5, 0.6) is 0 Å². The molecule has 0 nitrogen and oxygen atoms in total. The van der Waals surface area contributed by atoms with Gasteiger partial charge < -0.3 is 0 Å². The minimum absolute atomic E-state index is 1.14. The Labute approximate surface area is 134 Å². The number of hydrogen-bond acceptors (Lipinski definition) is 0. The molecule has 0 aliphatic heterocycles. The zero-order valence-electron chi connectivity index (χ0n) is 11.5. The summed E-state index contributed by atoms with van der Waals surface area (Å²) in [5, 5.41) is 0. The van der Waals surface area contributed by atoms with Crippen molar-refractivity contribution in [2.75, 3.05) is 0 Å². The maximum absolute atomic E-state index is 3.95. The quantitative estimate of drug-likeness (QED) is 0.449. The number of hydrogen-bond donors (Lipinski definition) is 0. The molecule has 0 atom stereocenters. The second kappa shape index (κ2) is 7.25. The van der Waals surface area contributed by atoms with Crippen molar-refractivity contribution < 1.29 is 0 Å². The van der Waals surface area contributed by atoms with Crippen LogP contribution < -0.4 is 0 Å². The van der Waals surface area contributed by atoms with Gasteiger partial charge in [-0.15, -0.1) is 0 Å². The van der Waals surface area contributed by atoms with Gasteiger partial charge in [-0.05, 0) is 63.9 Å². The highest BCUT2D eigenvalue weighted by atomic mass is 127. The van der Waals surface area contributed by atoms with Gasteiger partial charge in [-0.25, -0.2) is 0 Å². The average molecular weight is 372 g/mol. The van der Waals surface area contributed by atoms with Crippen LogP contribution in [-0.4, -0.2) is 0 Å². The van der Waals surface area contributed by atoms with Crippen LogP contribution in [0, 0.1) is 3.57 Å². The molecule has 0 spiro atoms. The van der Waals surface area contributed by atoms with Crippen LogP contribution in [0.3, 0.4) is 0 Å². The maximum atomic E-state index is 3.95. The Morgan fingerprint density at radius 3 is 2.50 bits per heavy atom. The molecule has 0 radical (unpaired) electrons. The van der Waals surface area contributed by atoms with Crippen LogP contribution in [-0.2, 0) is 0 Å². The van der Waals surface area contributed by atoms with E-state index in [4.69, 9.17) is 0 Å². The lowest BCUT2D eigenvalue weighted by atomic mass is 9.94. The number of rotatable bonds is 4. The summed E-state index contributed by atoms with van der Waals surface area (Å²) >= 11 is 2.35. The summed E-state index contributed by atoms with van der Waals surface area (Å²) in [5.74, 6) is 0. The van der Waals surface area contributed by atoms with Crippen molar-refractivity contribution >= 4 is 28.2 Å². The lowest BCUT2D eigenvalue weighted by Crippen LogP contribution is -1.89. The first kappa shape index (κ1) is 14.8. The fourth-order valence-electron chi connectivity index (χ4n) is 2.09. The topological polar surface area (TPSA) is 0 Å². The molecule has 0 aliphatic carbocycles. The fraction of sp³-hybridized carbons (Fsp3) is 0.0526. The molecular formula is C19H17I. The van der Waals surface area contributed by atoms with Gasteiger partial charge in [-0.2, -0.15) is 0 Å². The summed E-state index contributed by atoms with van der Waals surface area (Å²) in [5.41, 5.74) is 4.82. The second-order valence-corrected chi connectivity index (χ2v) is 5.65. The molecule has 2 aromatic rings. The molecular weight excluding hydrogens is 355 g/mol. The van der Waals surface area contributed by atoms with Crippen molar-refractivity contribution in [2.24, 2.45) is 0 Å². The van der Waals surface area contributed by atoms with Crippen molar-refractivity contribution in [3.8, 4) is 11.1 Å². The van der Waals surface area contributed by atoms with Gasteiger partial charge >= 0.3 is 0 Å². The van der Waals surface area contributed by atoms with E-state index >= 15 is 0 Å². The summed E-state index contributed by atoms with van der Waals surface area (Å²) in [6, 6.07) is 17.0. The molecule has 0 N–H and O–H groups in total. The normalized spacial score (nSPS) is 11.8. The highest BCUT2D eigenvalue weighted by Gasteiger charge is 2.07. The molecule has 0 heterocycles. The molecule has 100 valence electrons. The summed E-state index contributed by atoms with van der Waals surface area (Å²) in [4.78, 5) is 0. The van der Waals surface area contributed by atoms with Gasteiger partial charge in [0, 0.05) is 3.57 Å². The molecule has 0 saturated carbocycles. The van der Waals surface area contributed by atoms with Crippen LogP contribution in [0.25, 0.3) is 16.7 Å². The first-order chi connectivity index (χ1) is 9.76. The van der Waals surface area contributed by atoms with Gasteiger partial charge in [0.05, 0.1) is 0 Å². The zero-order valence-corrected chi connectivity index (χ0v) is 13.7. The van der Waals surface area contributed by atoms with Crippen LogP contribution in [0.2, 0.25) is 0 Å². The SMILES string of the molecule is C=C/C(=C\C=C/C)c1cc(I)ccc1-c1ccccc1. The van der Waals surface area contributed by atoms with Crippen molar-refractivity contribution in [3.63, 3.8) is 0 Å². The summed E-state index contributed by atoms with van der Waals surface area (Å²) in [6.45, 7) is 5.97. The molecule has 2 aromatic carbocycles. The molecule has 2 rings (SSSR count). The zero-order chi connectivity index (χ0) is 14.4. The van der Waals surface area contributed by atoms with Crippen LogP contribution in [0.15, 0.2) is 79.4 Å². The predicted molar refractivity (Wildman–Crippen MR) is 97.6 cm³/mol. The summed E-state index contributed by atoms with van der Waals surface area (Å²) in [7, 11) is 0. The van der Waals surface area contributed by atoms with Gasteiger partial charge in [0.1, 0.15) is 0 Å². The third-order valence-corrected chi connectivity index (χ3v) is 3.74.